The van der Waals surface area contributed by atoms with Gasteiger partial charge in [0, 0.05) is 5.57 Å². The lowest BCUT2D eigenvalue weighted by Gasteiger charge is -2.12. The third kappa shape index (κ3) is 1.21. The molecule has 0 saturated carbocycles. The molecule has 4 heteroatoms. The summed E-state index contributed by atoms with van der Waals surface area (Å²) in [4.78, 5) is 22.1. The second-order valence-electron chi connectivity index (χ2n) is 2.54. The lowest BCUT2D eigenvalue weighted by atomic mass is 9.97. The molecule has 64 valence electrons. The van der Waals surface area contributed by atoms with Gasteiger partial charge in [-0.15, -0.1) is 0 Å². The largest absolute Gasteiger partial charge is 0.285 e. The number of rotatable bonds is 0. The van der Waals surface area contributed by atoms with E-state index in [-0.39, 0.29) is 10.1 Å². The highest BCUT2D eigenvalue weighted by Crippen LogP contribution is 2.30. The summed E-state index contributed by atoms with van der Waals surface area (Å²) in [7, 11) is 0. The van der Waals surface area contributed by atoms with Crippen LogP contribution >= 0.6 is 23.2 Å². The highest BCUT2D eigenvalue weighted by Gasteiger charge is 2.28. The van der Waals surface area contributed by atoms with Crippen molar-refractivity contribution in [2.24, 2.45) is 0 Å². The maximum atomic E-state index is 11.1. The Balaban J connectivity index is 3.37. The van der Waals surface area contributed by atoms with E-state index in [9.17, 15) is 9.59 Å². The van der Waals surface area contributed by atoms with Gasteiger partial charge in [-0.3, -0.25) is 9.59 Å². The number of ketones is 2. The number of hydrogen-bond acceptors (Lipinski definition) is 2. The van der Waals surface area contributed by atoms with Crippen LogP contribution in [0, 0.1) is 0 Å². The molecule has 0 aliphatic heterocycles. The summed E-state index contributed by atoms with van der Waals surface area (Å²) in [6.45, 7) is 3.21. The lowest BCUT2D eigenvalue weighted by Crippen LogP contribution is -2.20. The van der Waals surface area contributed by atoms with Crippen molar-refractivity contribution in [1.82, 2.24) is 0 Å². The summed E-state index contributed by atoms with van der Waals surface area (Å²) in [6.07, 6.45) is 0. The van der Waals surface area contributed by atoms with E-state index in [4.69, 9.17) is 23.2 Å². The quantitative estimate of drug-likeness (QED) is 0.448. The highest BCUT2D eigenvalue weighted by atomic mass is 35.5. The fourth-order valence-corrected chi connectivity index (χ4v) is 1.32. The number of carbonyl (C=O) groups excluding carboxylic acids is 2. The molecule has 0 aromatic rings. The monoisotopic (exact) mass is 204 g/mol. The van der Waals surface area contributed by atoms with Gasteiger partial charge in [-0.05, 0) is 19.4 Å². The molecule has 0 bridgehead atoms. The van der Waals surface area contributed by atoms with Gasteiger partial charge in [-0.1, -0.05) is 23.2 Å². The molecule has 12 heavy (non-hydrogen) atoms. The molecular formula is C8H6Cl2O2. The Morgan fingerprint density at radius 1 is 0.833 bits per heavy atom. The van der Waals surface area contributed by atoms with Crippen LogP contribution in [0.2, 0.25) is 0 Å². The van der Waals surface area contributed by atoms with E-state index < -0.39 is 11.6 Å². The fraction of sp³-hybridized carbons (Fsp3) is 0.250. The van der Waals surface area contributed by atoms with Crippen LogP contribution in [0.5, 0.6) is 0 Å². The molecule has 0 amide bonds. The van der Waals surface area contributed by atoms with Crippen LogP contribution in [0.15, 0.2) is 21.2 Å². The molecule has 0 aromatic carbocycles. The van der Waals surface area contributed by atoms with Crippen LogP contribution < -0.4 is 0 Å². The van der Waals surface area contributed by atoms with E-state index in [0.29, 0.717) is 11.1 Å². The zero-order chi connectivity index (χ0) is 9.46. The molecule has 1 rings (SSSR count). The van der Waals surface area contributed by atoms with Gasteiger partial charge in [0.15, 0.2) is 0 Å². The van der Waals surface area contributed by atoms with Crippen LogP contribution in [0.25, 0.3) is 0 Å². The van der Waals surface area contributed by atoms with Gasteiger partial charge >= 0.3 is 0 Å². The second kappa shape index (κ2) is 3.04. The van der Waals surface area contributed by atoms with Crippen molar-refractivity contribution in [2.75, 3.05) is 0 Å². The van der Waals surface area contributed by atoms with Crippen LogP contribution in [0.1, 0.15) is 13.8 Å². The van der Waals surface area contributed by atoms with E-state index in [0.717, 1.165) is 0 Å². The highest BCUT2D eigenvalue weighted by molar-refractivity contribution is 6.64. The Morgan fingerprint density at radius 3 is 1.83 bits per heavy atom. The molecule has 0 fully saturated rings. The fourth-order valence-electron chi connectivity index (χ4n) is 0.869. The van der Waals surface area contributed by atoms with Crippen LogP contribution in [-0.2, 0) is 9.59 Å². The smallest absolute Gasteiger partial charge is 0.246 e. The zero-order valence-corrected chi connectivity index (χ0v) is 8.08. The van der Waals surface area contributed by atoms with Crippen LogP contribution in [-0.4, -0.2) is 11.6 Å². The Hall–Kier alpha value is -0.600. The van der Waals surface area contributed by atoms with E-state index in [1.54, 1.807) is 13.8 Å². The number of halogens is 2. The predicted molar refractivity (Wildman–Crippen MR) is 47.1 cm³/mol. The maximum Gasteiger partial charge on any atom is 0.246 e. The lowest BCUT2D eigenvalue weighted by molar-refractivity contribution is -0.131. The van der Waals surface area contributed by atoms with Crippen LogP contribution in [0.3, 0.4) is 0 Å². The average Bonchev–Trinajstić information content (AvgIpc) is 2.08. The van der Waals surface area contributed by atoms with Crippen LogP contribution in [0.4, 0.5) is 0 Å². The molecule has 0 unspecified atom stereocenters. The zero-order valence-electron chi connectivity index (χ0n) is 6.57. The molecule has 0 spiro atoms. The summed E-state index contributed by atoms with van der Waals surface area (Å²) in [5.41, 5.74) is 0.945. The van der Waals surface area contributed by atoms with Gasteiger partial charge in [-0.2, -0.15) is 0 Å². The van der Waals surface area contributed by atoms with Crippen molar-refractivity contribution in [3.05, 3.63) is 21.2 Å². The number of Topliss-reactive ketones (excluding diaryl/α,β-unsaturated/α-hetero) is 2. The Morgan fingerprint density at radius 2 is 1.33 bits per heavy atom. The van der Waals surface area contributed by atoms with Crippen molar-refractivity contribution in [2.45, 2.75) is 13.8 Å². The molecule has 0 atom stereocenters. The van der Waals surface area contributed by atoms with Crippen molar-refractivity contribution < 1.29 is 9.59 Å². The van der Waals surface area contributed by atoms with E-state index in [2.05, 4.69) is 0 Å². The SMILES string of the molecule is CC1=C(C)C(Cl)=C(Cl)C(=O)C1=O. The minimum absolute atomic E-state index is 0.176. The molecule has 0 saturated heterocycles. The molecule has 2 nitrogen and oxygen atoms in total. The standard InChI is InChI=1S/C8H6Cl2O2/c1-3-4(2)7(11)8(12)6(10)5(3)9/h1-2H3. The van der Waals surface area contributed by atoms with E-state index in [1.807, 2.05) is 0 Å². The summed E-state index contributed by atoms with van der Waals surface area (Å²) < 4.78 is 0. The molecule has 0 aromatic heterocycles. The summed E-state index contributed by atoms with van der Waals surface area (Å²) in [6, 6.07) is 0. The average molecular weight is 205 g/mol. The third-order valence-electron chi connectivity index (χ3n) is 1.83. The summed E-state index contributed by atoms with van der Waals surface area (Å²) >= 11 is 11.2. The first-order chi connectivity index (χ1) is 5.46. The first-order valence-electron chi connectivity index (χ1n) is 3.29. The normalized spacial score (nSPS) is 19.3. The summed E-state index contributed by atoms with van der Waals surface area (Å²) in [5, 5.41) is 0.00327. The Kier molecular flexibility index (Phi) is 2.40. The third-order valence-corrected chi connectivity index (χ3v) is 2.76. The first kappa shape index (κ1) is 9.49. The van der Waals surface area contributed by atoms with Gasteiger partial charge in [0.05, 0.1) is 5.03 Å². The topological polar surface area (TPSA) is 34.1 Å². The first-order valence-corrected chi connectivity index (χ1v) is 4.04. The van der Waals surface area contributed by atoms with Crippen molar-refractivity contribution in [1.29, 1.82) is 0 Å². The molecule has 0 heterocycles. The van der Waals surface area contributed by atoms with Crippen molar-refractivity contribution >= 4 is 34.8 Å². The van der Waals surface area contributed by atoms with Gasteiger partial charge in [0.25, 0.3) is 0 Å². The number of hydrogen-bond donors (Lipinski definition) is 0. The molecule has 1 aliphatic carbocycles. The van der Waals surface area contributed by atoms with Gasteiger partial charge in [-0.25, -0.2) is 0 Å². The molecular weight excluding hydrogens is 199 g/mol. The molecule has 1 aliphatic rings. The minimum atomic E-state index is -0.718. The van der Waals surface area contributed by atoms with Crippen molar-refractivity contribution in [3.63, 3.8) is 0 Å². The van der Waals surface area contributed by atoms with Gasteiger partial charge in [0.2, 0.25) is 11.6 Å². The number of carbonyl (C=O) groups is 2. The molecule has 0 radical (unpaired) electrons. The second-order valence-corrected chi connectivity index (χ2v) is 3.29. The summed E-state index contributed by atoms with van der Waals surface area (Å²) in [5.74, 6) is -1.29. The van der Waals surface area contributed by atoms with Gasteiger partial charge < -0.3 is 0 Å². The molecule has 0 N–H and O–H groups in total. The Labute approximate surface area is 79.8 Å². The number of allylic oxidation sites excluding steroid dienone is 4. The van der Waals surface area contributed by atoms with Gasteiger partial charge in [0.1, 0.15) is 5.03 Å². The maximum absolute atomic E-state index is 11.1. The Bertz CT molecular complexity index is 288. The predicted octanol–water partition coefficient (Wildman–Crippen LogP) is 2.16. The van der Waals surface area contributed by atoms with E-state index in [1.165, 1.54) is 0 Å². The minimum Gasteiger partial charge on any atom is -0.285 e. The van der Waals surface area contributed by atoms with Crippen molar-refractivity contribution in [3.8, 4) is 0 Å². The van der Waals surface area contributed by atoms with E-state index >= 15 is 0 Å².